The summed E-state index contributed by atoms with van der Waals surface area (Å²) in [6.07, 6.45) is 3.30. The third-order valence-electron chi connectivity index (χ3n) is 4.74. The SMILES string of the molecule is O=C1CC(c2cccs2)Cc2[nH]c(=O)c(C(=O)NCC3CC3)cc21. The van der Waals surface area contributed by atoms with Crippen LogP contribution < -0.4 is 10.9 Å². The van der Waals surface area contributed by atoms with Crippen molar-refractivity contribution in [2.24, 2.45) is 5.92 Å². The minimum atomic E-state index is -0.415. The molecule has 0 aliphatic heterocycles. The van der Waals surface area contributed by atoms with Crippen LogP contribution in [-0.4, -0.2) is 23.2 Å². The van der Waals surface area contributed by atoms with Crippen LogP contribution in [0.25, 0.3) is 0 Å². The van der Waals surface area contributed by atoms with Gasteiger partial charge in [0.15, 0.2) is 5.78 Å². The van der Waals surface area contributed by atoms with E-state index in [0.717, 1.165) is 17.7 Å². The third-order valence-corrected chi connectivity index (χ3v) is 5.78. The fraction of sp³-hybridized carbons (Fsp3) is 0.389. The molecule has 1 atom stereocenters. The highest BCUT2D eigenvalue weighted by Gasteiger charge is 2.29. The Labute approximate surface area is 143 Å². The molecular weight excluding hydrogens is 324 g/mol. The van der Waals surface area contributed by atoms with Gasteiger partial charge in [-0.1, -0.05) is 6.07 Å². The molecule has 124 valence electrons. The lowest BCUT2D eigenvalue weighted by molar-refractivity contribution is 0.0950. The molecule has 2 N–H and O–H groups in total. The lowest BCUT2D eigenvalue weighted by atomic mass is 9.84. The first-order valence-corrected chi connectivity index (χ1v) is 9.11. The smallest absolute Gasteiger partial charge is 0.261 e. The van der Waals surface area contributed by atoms with E-state index >= 15 is 0 Å². The number of Topliss-reactive ketones (excluding diaryl/α,β-unsaturated/α-hetero) is 1. The number of carbonyl (C=O) groups excluding carboxylic acids is 2. The fourth-order valence-corrected chi connectivity index (χ4v) is 4.01. The average Bonchev–Trinajstić information content (AvgIpc) is 3.23. The number of aromatic nitrogens is 1. The number of carbonyl (C=O) groups is 2. The monoisotopic (exact) mass is 342 g/mol. The predicted molar refractivity (Wildman–Crippen MR) is 91.8 cm³/mol. The molecular formula is C18H18N2O3S. The van der Waals surface area contributed by atoms with Gasteiger partial charge < -0.3 is 10.3 Å². The molecule has 6 heteroatoms. The number of rotatable bonds is 4. The van der Waals surface area contributed by atoms with E-state index in [4.69, 9.17) is 0 Å². The van der Waals surface area contributed by atoms with Crippen LogP contribution in [-0.2, 0) is 6.42 Å². The summed E-state index contributed by atoms with van der Waals surface area (Å²) in [5.74, 6) is 0.246. The molecule has 1 fully saturated rings. The number of hydrogen-bond donors (Lipinski definition) is 2. The molecule has 0 radical (unpaired) electrons. The van der Waals surface area contributed by atoms with Gasteiger partial charge in [-0.2, -0.15) is 0 Å². The maximum atomic E-state index is 12.5. The Balaban J connectivity index is 1.60. The van der Waals surface area contributed by atoms with Gasteiger partial charge in [-0.05, 0) is 42.7 Å². The van der Waals surface area contributed by atoms with E-state index in [1.165, 1.54) is 6.07 Å². The molecule has 1 amide bonds. The summed E-state index contributed by atoms with van der Waals surface area (Å²) < 4.78 is 0. The van der Waals surface area contributed by atoms with Crippen molar-refractivity contribution in [3.63, 3.8) is 0 Å². The molecule has 5 nitrogen and oxygen atoms in total. The van der Waals surface area contributed by atoms with Gasteiger partial charge in [0, 0.05) is 35.0 Å². The number of thiophene rings is 1. The van der Waals surface area contributed by atoms with Crippen molar-refractivity contribution in [2.45, 2.75) is 31.6 Å². The maximum absolute atomic E-state index is 12.5. The molecule has 0 bridgehead atoms. The highest BCUT2D eigenvalue weighted by atomic mass is 32.1. The van der Waals surface area contributed by atoms with Crippen LogP contribution in [0, 0.1) is 5.92 Å². The van der Waals surface area contributed by atoms with E-state index in [1.807, 2.05) is 17.5 Å². The second-order valence-corrected chi connectivity index (χ2v) is 7.58. The fourth-order valence-electron chi connectivity index (χ4n) is 3.18. The summed E-state index contributed by atoms with van der Waals surface area (Å²) in [6, 6.07) is 5.46. The van der Waals surface area contributed by atoms with Crippen molar-refractivity contribution in [3.05, 3.63) is 55.6 Å². The Hall–Kier alpha value is -2.21. The van der Waals surface area contributed by atoms with E-state index in [9.17, 15) is 14.4 Å². The summed E-state index contributed by atoms with van der Waals surface area (Å²) in [4.78, 5) is 40.9. The van der Waals surface area contributed by atoms with Gasteiger partial charge in [0.25, 0.3) is 11.5 Å². The van der Waals surface area contributed by atoms with E-state index in [0.29, 0.717) is 36.6 Å². The zero-order chi connectivity index (χ0) is 16.7. The standard InChI is InChI=1S/C18H18N2O3S/c21-15-7-11(16-2-1-5-24-16)6-14-12(15)8-13(18(23)20-14)17(22)19-9-10-3-4-10/h1-2,5,8,10-11H,3-4,6-7,9H2,(H,19,22)(H,20,23). The first-order chi connectivity index (χ1) is 11.6. The average molecular weight is 342 g/mol. The molecule has 2 heterocycles. The molecule has 1 unspecified atom stereocenters. The first-order valence-electron chi connectivity index (χ1n) is 8.23. The molecule has 2 aliphatic carbocycles. The van der Waals surface area contributed by atoms with Gasteiger partial charge in [-0.15, -0.1) is 11.3 Å². The van der Waals surface area contributed by atoms with Crippen LogP contribution in [0.3, 0.4) is 0 Å². The van der Waals surface area contributed by atoms with Gasteiger partial charge in [0.05, 0.1) is 0 Å². The van der Waals surface area contributed by atoms with E-state index in [-0.39, 0.29) is 23.2 Å². The zero-order valence-corrected chi connectivity index (χ0v) is 13.9. The quantitative estimate of drug-likeness (QED) is 0.896. The molecule has 2 aliphatic rings. The molecule has 2 aromatic rings. The van der Waals surface area contributed by atoms with Crippen molar-refractivity contribution < 1.29 is 9.59 Å². The molecule has 1 saturated carbocycles. The number of H-pyrrole nitrogens is 1. The molecule has 24 heavy (non-hydrogen) atoms. The molecule has 2 aromatic heterocycles. The summed E-state index contributed by atoms with van der Waals surface area (Å²) in [7, 11) is 0. The third kappa shape index (κ3) is 2.94. The molecule has 0 aromatic carbocycles. The minimum Gasteiger partial charge on any atom is -0.352 e. The van der Waals surface area contributed by atoms with Crippen LogP contribution in [0.15, 0.2) is 28.4 Å². The van der Waals surface area contributed by atoms with E-state index in [1.54, 1.807) is 11.3 Å². The highest BCUT2D eigenvalue weighted by molar-refractivity contribution is 7.10. The summed E-state index contributed by atoms with van der Waals surface area (Å²) in [5, 5.41) is 4.78. The van der Waals surface area contributed by atoms with Gasteiger partial charge in [-0.3, -0.25) is 14.4 Å². The van der Waals surface area contributed by atoms with Gasteiger partial charge in [0.2, 0.25) is 0 Å². The maximum Gasteiger partial charge on any atom is 0.261 e. The first kappa shape index (κ1) is 15.3. The topological polar surface area (TPSA) is 79.0 Å². The summed E-state index contributed by atoms with van der Waals surface area (Å²) >= 11 is 1.63. The summed E-state index contributed by atoms with van der Waals surface area (Å²) in [6.45, 7) is 0.601. The molecule has 0 spiro atoms. The van der Waals surface area contributed by atoms with E-state index in [2.05, 4.69) is 10.3 Å². The Morgan fingerprint density at radius 2 is 2.12 bits per heavy atom. The normalized spacial score (nSPS) is 19.8. The molecule has 0 saturated heterocycles. The van der Waals surface area contributed by atoms with Crippen molar-refractivity contribution in [1.29, 1.82) is 0 Å². The number of pyridine rings is 1. The highest BCUT2D eigenvalue weighted by Crippen LogP contribution is 2.33. The van der Waals surface area contributed by atoms with Crippen molar-refractivity contribution in [2.75, 3.05) is 6.54 Å². The largest absolute Gasteiger partial charge is 0.352 e. The number of amides is 1. The summed E-state index contributed by atoms with van der Waals surface area (Å²) in [5.41, 5.74) is 0.756. The number of fused-ring (bicyclic) bond motifs is 1. The second kappa shape index (κ2) is 6.02. The number of aromatic amines is 1. The van der Waals surface area contributed by atoms with Crippen LogP contribution in [0.1, 0.15) is 56.5 Å². The van der Waals surface area contributed by atoms with Crippen molar-refractivity contribution in [3.8, 4) is 0 Å². The number of ketones is 1. The Morgan fingerprint density at radius 1 is 1.29 bits per heavy atom. The van der Waals surface area contributed by atoms with Crippen LogP contribution in [0.2, 0.25) is 0 Å². The van der Waals surface area contributed by atoms with Crippen LogP contribution >= 0.6 is 11.3 Å². The van der Waals surface area contributed by atoms with Crippen LogP contribution in [0.5, 0.6) is 0 Å². The Kier molecular flexibility index (Phi) is 3.84. The Bertz CT molecular complexity index is 850. The second-order valence-electron chi connectivity index (χ2n) is 6.60. The van der Waals surface area contributed by atoms with Gasteiger partial charge in [-0.25, -0.2) is 0 Å². The lowest BCUT2D eigenvalue weighted by Gasteiger charge is -2.22. The number of nitrogens with one attached hydrogen (secondary N) is 2. The number of hydrogen-bond acceptors (Lipinski definition) is 4. The molecule has 4 rings (SSSR count). The van der Waals surface area contributed by atoms with Crippen molar-refractivity contribution >= 4 is 23.0 Å². The Morgan fingerprint density at radius 3 is 2.83 bits per heavy atom. The lowest BCUT2D eigenvalue weighted by Crippen LogP contribution is -2.33. The zero-order valence-electron chi connectivity index (χ0n) is 13.1. The van der Waals surface area contributed by atoms with Gasteiger partial charge in [0.1, 0.15) is 5.56 Å². The van der Waals surface area contributed by atoms with Gasteiger partial charge >= 0.3 is 0 Å². The van der Waals surface area contributed by atoms with Crippen molar-refractivity contribution in [1.82, 2.24) is 10.3 Å². The van der Waals surface area contributed by atoms with E-state index < -0.39 is 5.56 Å². The predicted octanol–water partition coefficient (Wildman–Crippen LogP) is 2.49. The van der Waals surface area contributed by atoms with Crippen LogP contribution in [0.4, 0.5) is 0 Å². The minimum absolute atomic E-state index is 0.0119.